The van der Waals surface area contributed by atoms with Crippen molar-refractivity contribution in [2.45, 2.75) is 13.8 Å². The number of aryl methyl sites for hydroxylation is 2. The van der Waals surface area contributed by atoms with Crippen LogP contribution in [0.2, 0.25) is 0 Å². The van der Waals surface area contributed by atoms with Crippen LogP contribution < -0.4 is 5.63 Å². The third kappa shape index (κ3) is 2.77. The Balaban J connectivity index is 2.09. The molecule has 3 rings (SSSR count). The topological polar surface area (TPSA) is 42.6 Å². The maximum Gasteiger partial charge on any atom is 0.336 e. The zero-order valence-electron chi connectivity index (χ0n) is 12.0. The Morgan fingerprint density at radius 2 is 1.76 bits per heavy atom. The van der Waals surface area contributed by atoms with Crippen LogP contribution in [0.1, 0.15) is 16.7 Å². The lowest BCUT2D eigenvalue weighted by atomic mass is 10.1. The number of benzene rings is 2. The lowest BCUT2D eigenvalue weighted by molar-refractivity contribution is 0.559. The van der Waals surface area contributed by atoms with Crippen molar-refractivity contribution >= 4 is 22.9 Å². The van der Waals surface area contributed by atoms with E-state index in [1.807, 2.05) is 62.5 Å². The number of nitrogens with zero attached hydrogens (tertiary/aromatic N) is 1. The van der Waals surface area contributed by atoms with Crippen molar-refractivity contribution < 1.29 is 4.42 Å². The molecule has 3 aromatic rings. The average molecular weight is 277 g/mol. The molecule has 3 nitrogen and oxygen atoms in total. The highest BCUT2D eigenvalue weighted by molar-refractivity contribution is 5.87. The van der Waals surface area contributed by atoms with Gasteiger partial charge < -0.3 is 4.42 Å². The predicted octanol–water partition coefficient (Wildman–Crippen LogP) is 4.16. The van der Waals surface area contributed by atoms with Crippen molar-refractivity contribution in [2.24, 2.45) is 4.99 Å². The molecule has 0 spiro atoms. The van der Waals surface area contributed by atoms with Crippen LogP contribution in [-0.4, -0.2) is 6.21 Å². The van der Waals surface area contributed by atoms with E-state index in [4.69, 9.17) is 4.42 Å². The zero-order valence-corrected chi connectivity index (χ0v) is 12.0. The minimum Gasteiger partial charge on any atom is -0.423 e. The molecule has 0 saturated heterocycles. The van der Waals surface area contributed by atoms with Crippen LogP contribution in [0.15, 0.2) is 62.7 Å². The summed E-state index contributed by atoms with van der Waals surface area (Å²) in [7, 11) is 0. The van der Waals surface area contributed by atoms with Crippen LogP contribution >= 0.6 is 0 Å². The van der Waals surface area contributed by atoms with Gasteiger partial charge in [0.05, 0.1) is 5.69 Å². The molecule has 3 heteroatoms. The standard InChI is InChI=1S/C18H15NO2/c1-12-9-18(20)21-17-8-13(2)16(10-15(12)17)19-11-14-6-4-3-5-7-14/h3-11H,1-2H3. The summed E-state index contributed by atoms with van der Waals surface area (Å²) in [5, 5.41) is 0.917. The summed E-state index contributed by atoms with van der Waals surface area (Å²) in [5.74, 6) is 0. The molecular weight excluding hydrogens is 262 g/mol. The maximum absolute atomic E-state index is 11.4. The van der Waals surface area contributed by atoms with Gasteiger partial charge in [-0.15, -0.1) is 0 Å². The van der Waals surface area contributed by atoms with Gasteiger partial charge in [-0.2, -0.15) is 0 Å². The molecule has 0 radical (unpaired) electrons. The van der Waals surface area contributed by atoms with Crippen LogP contribution in [0, 0.1) is 13.8 Å². The van der Waals surface area contributed by atoms with E-state index in [2.05, 4.69) is 4.99 Å². The molecule has 1 heterocycles. The lowest BCUT2D eigenvalue weighted by Crippen LogP contribution is -1.98. The first-order chi connectivity index (χ1) is 10.1. The predicted molar refractivity (Wildman–Crippen MR) is 85.7 cm³/mol. The molecule has 0 fully saturated rings. The summed E-state index contributed by atoms with van der Waals surface area (Å²) in [4.78, 5) is 16.0. The van der Waals surface area contributed by atoms with Crippen molar-refractivity contribution in [1.82, 2.24) is 0 Å². The molecule has 0 atom stereocenters. The Kier molecular flexibility index (Phi) is 3.40. The van der Waals surface area contributed by atoms with Crippen LogP contribution in [0.5, 0.6) is 0 Å². The molecule has 0 bridgehead atoms. The van der Waals surface area contributed by atoms with Gasteiger partial charge in [0.2, 0.25) is 0 Å². The zero-order chi connectivity index (χ0) is 14.8. The molecule has 0 aliphatic carbocycles. The summed E-state index contributed by atoms with van der Waals surface area (Å²) >= 11 is 0. The molecular formula is C18H15NO2. The van der Waals surface area contributed by atoms with Crippen LogP contribution in [-0.2, 0) is 0 Å². The molecule has 0 N–H and O–H groups in total. The van der Waals surface area contributed by atoms with Gasteiger partial charge >= 0.3 is 5.63 Å². The molecule has 0 aliphatic rings. The molecule has 0 saturated carbocycles. The highest BCUT2D eigenvalue weighted by atomic mass is 16.4. The van der Waals surface area contributed by atoms with Crippen molar-refractivity contribution in [3.8, 4) is 0 Å². The Labute approximate surface area is 122 Å². The van der Waals surface area contributed by atoms with E-state index in [0.29, 0.717) is 5.58 Å². The molecule has 2 aromatic carbocycles. The third-order valence-corrected chi connectivity index (χ3v) is 3.42. The first-order valence-electron chi connectivity index (χ1n) is 6.78. The Morgan fingerprint density at radius 3 is 2.52 bits per heavy atom. The van der Waals surface area contributed by atoms with E-state index in [1.54, 1.807) is 0 Å². The van der Waals surface area contributed by atoms with E-state index >= 15 is 0 Å². The normalized spacial score (nSPS) is 11.3. The highest BCUT2D eigenvalue weighted by Crippen LogP contribution is 2.27. The monoisotopic (exact) mass is 277 g/mol. The first-order valence-corrected chi connectivity index (χ1v) is 6.78. The maximum atomic E-state index is 11.4. The summed E-state index contributed by atoms with van der Waals surface area (Å²) in [6, 6.07) is 15.3. The van der Waals surface area contributed by atoms with Gasteiger partial charge in [0.25, 0.3) is 0 Å². The summed E-state index contributed by atoms with van der Waals surface area (Å²) in [6.07, 6.45) is 1.84. The van der Waals surface area contributed by atoms with Gasteiger partial charge in [-0.3, -0.25) is 4.99 Å². The van der Waals surface area contributed by atoms with Crippen LogP contribution in [0.25, 0.3) is 11.0 Å². The van der Waals surface area contributed by atoms with E-state index in [-0.39, 0.29) is 5.63 Å². The van der Waals surface area contributed by atoms with Crippen molar-refractivity contribution in [1.29, 1.82) is 0 Å². The molecule has 1 aromatic heterocycles. The second-order valence-electron chi connectivity index (χ2n) is 5.05. The summed E-state index contributed by atoms with van der Waals surface area (Å²) in [5.41, 5.74) is 4.09. The number of hydrogen-bond donors (Lipinski definition) is 0. The van der Waals surface area contributed by atoms with Gasteiger partial charge in [0, 0.05) is 17.7 Å². The second-order valence-corrected chi connectivity index (χ2v) is 5.05. The summed E-state index contributed by atoms with van der Waals surface area (Å²) < 4.78 is 5.23. The van der Waals surface area contributed by atoms with Gasteiger partial charge in [0.1, 0.15) is 5.58 Å². The molecule has 21 heavy (non-hydrogen) atoms. The first kappa shape index (κ1) is 13.3. The van der Waals surface area contributed by atoms with Crippen molar-refractivity contribution in [3.63, 3.8) is 0 Å². The van der Waals surface area contributed by atoms with Gasteiger partial charge in [-0.25, -0.2) is 4.79 Å². The van der Waals surface area contributed by atoms with Gasteiger partial charge in [-0.05, 0) is 42.7 Å². The fourth-order valence-electron chi connectivity index (χ4n) is 2.28. The SMILES string of the molecule is Cc1cc2oc(=O)cc(C)c2cc1N=Cc1ccccc1. The van der Waals surface area contributed by atoms with Gasteiger partial charge in [-0.1, -0.05) is 30.3 Å². The van der Waals surface area contributed by atoms with Crippen LogP contribution in [0.4, 0.5) is 5.69 Å². The van der Waals surface area contributed by atoms with E-state index in [1.165, 1.54) is 6.07 Å². The number of rotatable bonds is 2. The fourth-order valence-corrected chi connectivity index (χ4v) is 2.28. The molecule has 0 amide bonds. The Bertz CT molecular complexity index is 877. The Morgan fingerprint density at radius 1 is 1.00 bits per heavy atom. The highest BCUT2D eigenvalue weighted by Gasteiger charge is 2.06. The molecule has 0 unspecified atom stereocenters. The number of aliphatic imine (C=N–C) groups is 1. The minimum absolute atomic E-state index is 0.320. The van der Waals surface area contributed by atoms with E-state index in [9.17, 15) is 4.79 Å². The molecule has 0 aliphatic heterocycles. The van der Waals surface area contributed by atoms with E-state index in [0.717, 1.165) is 27.8 Å². The smallest absolute Gasteiger partial charge is 0.336 e. The van der Waals surface area contributed by atoms with Gasteiger partial charge in [0.15, 0.2) is 0 Å². The fraction of sp³-hybridized carbons (Fsp3) is 0.111. The van der Waals surface area contributed by atoms with Crippen LogP contribution in [0.3, 0.4) is 0 Å². The third-order valence-electron chi connectivity index (χ3n) is 3.42. The second kappa shape index (κ2) is 5.37. The lowest BCUT2D eigenvalue weighted by Gasteiger charge is -2.05. The average Bonchev–Trinajstić information content (AvgIpc) is 2.46. The minimum atomic E-state index is -0.320. The van der Waals surface area contributed by atoms with Crippen molar-refractivity contribution in [2.75, 3.05) is 0 Å². The summed E-state index contributed by atoms with van der Waals surface area (Å²) in [6.45, 7) is 3.86. The van der Waals surface area contributed by atoms with E-state index < -0.39 is 0 Å². The largest absolute Gasteiger partial charge is 0.423 e. The number of fused-ring (bicyclic) bond motifs is 1. The van der Waals surface area contributed by atoms with Crippen molar-refractivity contribution in [3.05, 3.63) is 75.6 Å². The quantitative estimate of drug-likeness (QED) is 0.521. The Hall–Kier alpha value is -2.68. The number of hydrogen-bond acceptors (Lipinski definition) is 3. The molecule has 104 valence electrons.